The van der Waals surface area contributed by atoms with Gasteiger partial charge in [-0.3, -0.25) is 9.36 Å². The van der Waals surface area contributed by atoms with Crippen molar-refractivity contribution in [2.45, 2.75) is 12.1 Å². The Morgan fingerprint density at radius 1 is 0.938 bits per heavy atom. The van der Waals surface area contributed by atoms with Crippen LogP contribution in [0.3, 0.4) is 0 Å². The minimum atomic E-state index is -0.168. The summed E-state index contributed by atoms with van der Waals surface area (Å²) in [5.74, 6) is 0.620. The van der Waals surface area contributed by atoms with Gasteiger partial charge in [-0.25, -0.2) is 0 Å². The Bertz CT molecular complexity index is 1260. The second kappa shape index (κ2) is 9.96. The van der Waals surface area contributed by atoms with Crippen molar-refractivity contribution >= 4 is 58.2 Å². The van der Waals surface area contributed by atoms with Crippen molar-refractivity contribution in [3.63, 3.8) is 0 Å². The molecule has 1 amide bonds. The second-order valence-corrected chi connectivity index (χ2v) is 9.10. The van der Waals surface area contributed by atoms with E-state index in [1.165, 1.54) is 11.8 Å². The first kappa shape index (κ1) is 22.7. The molecule has 0 saturated heterocycles. The van der Waals surface area contributed by atoms with Crippen LogP contribution < -0.4 is 5.32 Å². The van der Waals surface area contributed by atoms with Gasteiger partial charge in [-0.15, -0.1) is 10.2 Å². The Morgan fingerprint density at radius 3 is 2.28 bits per heavy atom. The van der Waals surface area contributed by atoms with E-state index in [1.807, 2.05) is 41.8 Å². The molecule has 162 valence electrons. The van der Waals surface area contributed by atoms with Gasteiger partial charge in [0.2, 0.25) is 5.91 Å². The van der Waals surface area contributed by atoms with Crippen LogP contribution in [0.15, 0.2) is 71.9 Å². The summed E-state index contributed by atoms with van der Waals surface area (Å²) in [7, 11) is 0. The number of carbonyl (C=O) groups excluding carboxylic acids is 1. The van der Waals surface area contributed by atoms with E-state index in [-0.39, 0.29) is 11.7 Å². The fourth-order valence-electron chi connectivity index (χ4n) is 3.03. The Balaban J connectivity index is 1.60. The molecule has 0 radical (unpaired) electrons. The summed E-state index contributed by atoms with van der Waals surface area (Å²) in [6.45, 7) is 1.86. The van der Waals surface area contributed by atoms with Gasteiger partial charge in [0, 0.05) is 32.0 Å². The zero-order valence-corrected chi connectivity index (χ0v) is 19.9. The number of amides is 1. The van der Waals surface area contributed by atoms with Crippen molar-refractivity contribution in [3.05, 3.63) is 87.4 Å². The van der Waals surface area contributed by atoms with E-state index in [0.717, 1.165) is 16.8 Å². The third-order valence-corrected chi connectivity index (χ3v) is 6.54. The zero-order chi connectivity index (χ0) is 22.7. The molecule has 0 aliphatic carbocycles. The summed E-state index contributed by atoms with van der Waals surface area (Å²) >= 11 is 19.5. The third kappa shape index (κ3) is 5.10. The predicted octanol–water partition coefficient (Wildman–Crippen LogP) is 6.93. The van der Waals surface area contributed by atoms with Gasteiger partial charge in [0.15, 0.2) is 11.0 Å². The van der Waals surface area contributed by atoms with E-state index in [2.05, 4.69) is 15.5 Å². The van der Waals surface area contributed by atoms with Gasteiger partial charge in [0.1, 0.15) is 0 Å². The van der Waals surface area contributed by atoms with Crippen LogP contribution in [-0.2, 0) is 4.79 Å². The van der Waals surface area contributed by atoms with Gasteiger partial charge in [0.25, 0.3) is 0 Å². The number of nitrogens with one attached hydrogen (secondary N) is 1. The fourth-order valence-corrected chi connectivity index (χ4v) is 4.21. The van der Waals surface area contributed by atoms with Crippen molar-refractivity contribution in [1.29, 1.82) is 0 Å². The maximum absolute atomic E-state index is 12.6. The van der Waals surface area contributed by atoms with E-state index in [0.29, 0.717) is 31.7 Å². The monoisotopic (exact) mass is 502 g/mol. The lowest BCUT2D eigenvalue weighted by atomic mass is 10.2. The van der Waals surface area contributed by atoms with E-state index in [1.54, 1.807) is 36.4 Å². The van der Waals surface area contributed by atoms with Gasteiger partial charge >= 0.3 is 0 Å². The molecule has 0 aliphatic rings. The van der Waals surface area contributed by atoms with Gasteiger partial charge in [-0.1, -0.05) is 52.6 Å². The number of carbonyl (C=O) groups is 1. The minimum absolute atomic E-state index is 0.151. The van der Waals surface area contributed by atoms with Gasteiger partial charge in [0.05, 0.1) is 5.75 Å². The lowest BCUT2D eigenvalue weighted by Gasteiger charge is -2.11. The van der Waals surface area contributed by atoms with Crippen LogP contribution in [0.5, 0.6) is 0 Å². The smallest absolute Gasteiger partial charge is 0.234 e. The molecule has 0 unspecified atom stereocenters. The number of anilines is 1. The van der Waals surface area contributed by atoms with E-state index in [4.69, 9.17) is 34.8 Å². The summed E-state index contributed by atoms with van der Waals surface area (Å²) in [6, 6.07) is 20.1. The Kier molecular flexibility index (Phi) is 7.06. The highest BCUT2D eigenvalue weighted by Crippen LogP contribution is 2.30. The molecule has 0 aliphatic heterocycles. The number of thioether (sulfide) groups is 1. The number of hydrogen-bond donors (Lipinski definition) is 1. The molecule has 0 spiro atoms. The molecule has 0 fully saturated rings. The summed E-state index contributed by atoms with van der Waals surface area (Å²) in [5.41, 5.74) is 3.19. The molecule has 5 nitrogen and oxygen atoms in total. The second-order valence-electron chi connectivity index (χ2n) is 6.87. The van der Waals surface area contributed by atoms with E-state index < -0.39 is 0 Å². The van der Waals surface area contributed by atoms with Crippen LogP contribution in [-0.4, -0.2) is 26.4 Å². The Hall–Kier alpha value is -2.51. The Labute approximate surface area is 204 Å². The average Bonchev–Trinajstić information content (AvgIpc) is 3.20. The van der Waals surface area contributed by atoms with Crippen molar-refractivity contribution in [2.75, 3.05) is 11.1 Å². The molecular formula is C23H17Cl3N4OS. The maximum Gasteiger partial charge on any atom is 0.234 e. The van der Waals surface area contributed by atoms with Crippen molar-refractivity contribution < 1.29 is 4.79 Å². The lowest BCUT2D eigenvalue weighted by Crippen LogP contribution is -2.15. The molecule has 0 atom stereocenters. The van der Waals surface area contributed by atoms with Crippen molar-refractivity contribution in [1.82, 2.24) is 14.8 Å². The first-order valence-electron chi connectivity index (χ1n) is 9.57. The highest BCUT2D eigenvalue weighted by atomic mass is 35.5. The molecule has 4 aromatic rings. The van der Waals surface area contributed by atoms with Gasteiger partial charge in [-0.05, 0) is 73.2 Å². The highest BCUT2D eigenvalue weighted by molar-refractivity contribution is 7.99. The van der Waals surface area contributed by atoms with Crippen molar-refractivity contribution in [2.24, 2.45) is 0 Å². The van der Waals surface area contributed by atoms with Crippen LogP contribution in [0.1, 0.15) is 5.56 Å². The number of halogens is 3. The third-order valence-electron chi connectivity index (χ3n) is 4.69. The van der Waals surface area contributed by atoms with Crippen LogP contribution in [0, 0.1) is 6.92 Å². The number of aromatic nitrogens is 3. The molecule has 9 heteroatoms. The largest absolute Gasteiger partial charge is 0.325 e. The highest BCUT2D eigenvalue weighted by Gasteiger charge is 2.18. The molecule has 3 aromatic carbocycles. The number of nitrogens with zero attached hydrogens (tertiary/aromatic N) is 3. The fraction of sp³-hybridized carbons (Fsp3) is 0.0870. The summed E-state index contributed by atoms with van der Waals surface area (Å²) < 4.78 is 1.89. The number of rotatable bonds is 6. The van der Waals surface area contributed by atoms with Crippen LogP contribution in [0.4, 0.5) is 5.69 Å². The summed E-state index contributed by atoms with van der Waals surface area (Å²) in [5, 5.41) is 14.0. The zero-order valence-electron chi connectivity index (χ0n) is 16.8. The normalized spacial score (nSPS) is 10.9. The lowest BCUT2D eigenvalue weighted by molar-refractivity contribution is -0.113. The van der Waals surface area contributed by atoms with Gasteiger partial charge in [-0.2, -0.15) is 0 Å². The quantitative estimate of drug-likeness (QED) is 0.290. The molecule has 1 N–H and O–H groups in total. The Morgan fingerprint density at radius 2 is 1.59 bits per heavy atom. The first-order chi connectivity index (χ1) is 15.4. The van der Waals surface area contributed by atoms with Crippen LogP contribution in [0.2, 0.25) is 15.1 Å². The number of hydrogen-bond acceptors (Lipinski definition) is 4. The minimum Gasteiger partial charge on any atom is -0.325 e. The first-order valence-corrected chi connectivity index (χ1v) is 11.7. The van der Waals surface area contributed by atoms with E-state index in [9.17, 15) is 4.79 Å². The standard InChI is InChI=1S/C23H17Cl3N4OS/c1-14-19(26)3-2-4-20(14)27-21(31)13-32-23-29-28-22(15-5-7-16(24)8-6-15)30(23)18-11-9-17(25)10-12-18/h2-12H,13H2,1H3,(H,27,31). The van der Waals surface area contributed by atoms with Crippen LogP contribution >= 0.6 is 46.6 Å². The molecule has 4 rings (SSSR count). The average molecular weight is 504 g/mol. The maximum atomic E-state index is 12.6. The summed E-state index contributed by atoms with van der Waals surface area (Å²) in [4.78, 5) is 12.6. The van der Waals surface area contributed by atoms with Crippen LogP contribution in [0.25, 0.3) is 17.1 Å². The molecule has 0 saturated carbocycles. The molecule has 1 heterocycles. The molecule has 1 aromatic heterocycles. The molecule has 0 bridgehead atoms. The topological polar surface area (TPSA) is 59.8 Å². The predicted molar refractivity (Wildman–Crippen MR) is 132 cm³/mol. The summed E-state index contributed by atoms with van der Waals surface area (Å²) in [6.07, 6.45) is 0. The van der Waals surface area contributed by atoms with Gasteiger partial charge < -0.3 is 5.32 Å². The number of benzene rings is 3. The van der Waals surface area contributed by atoms with Crippen molar-refractivity contribution in [3.8, 4) is 17.1 Å². The SMILES string of the molecule is Cc1c(Cl)cccc1NC(=O)CSc1nnc(-c2ccc(Cl)cc2)n1-c1ccc(Cl)cc1. The van der Waals surface area contributed by atoms with E-state index >= 15 is 0 Å². The molecule has 32 heavy (non-hydrogen) atoms. The molecular weight excluding hydrogens is 487 g/mol.